The maximum atomic E-state index is 9.45. The summed E-state index contributed by atoms with van der Waals surface area (Å²) in [4.78, 5) is 0. The highest BCUT2D eigenvalue weighted by Gasteiger charge is 2.46. The van der Waals surface area contributed by atoms with Gasteiger partial charge in [-0.05, 0) is 0 Å². The van der Waals surface area contributed by atoms with Crippen molar-refractivity contribution in [2.45, 2.75) is 30.7 Å². The smallest absolute Gasteiger partial charge is 0.218 e. The molecule has 1 aliphatic heterocycles. The third kappa shape index (κ3) is 1.98. The normalized spacial score (nSPS) is 46.4. The molecule has 0 aromatic rings. The van der Waals surface area contributed by atoms with Crippen LogP contribution in [0, 0.1) is 0 Å². The van der Waals surface area contributed by atoms with Gasteiger partial charge in [0.15, 0.2) is 6.29 Å². The predicted octanol–water partition coefficient (Wildman–Crippen LogP) is -2.22. The molecule has 78 valence electrons. The van der Waals surface area contributed by atoms with Crippen molar-refractivity contribution in [3.63, 3.8) is 0 Å². The van der Waals surface area contributed by atoms with E-state index in [1.165, 1.54) is 7.11 Å². The lowest BCUT2D eigenvalue weighted by Gasteiger charge is -2.41. The fourth-order valence-corrected chi connectivity index (χ4v) is 1.23. The summed E-state index contributed by atoms with van der Waals surface area (Å²) in [7, 11) is 1.30. The Morgan fingerprint density at radius 1 is 1.54 bits per heavy atom. The third-order valence-corrected chi connectivity index (χ3v) is 2.08. The molecular formula is C7H14O6. The second-order valence-corrected chi connectivity index (χ2v) is 3.04. The minimum atomic E-state index is -2.04. The van der Waals surface area contributed by atoms with Gasteiger partial charge in [-0.1, -0.05) is 0 Å². The Kier molecular flexibility index (Phi) is 3.23. The van der Waals surface area contributed by atoms with E-state index in [1.54, 1.807) is 0 Å². The molecule has 0 saturated carbocycles. The Hall–Kier alpha value is -0.240. The summed E-state index contributed by atoms with van der Waals surface area (Å²) in [6, 6.07) is 0. The van der Waals surface area contributed by atoms with Crippen molar-refractivity contribution in [3.05, 3.63) is 0 Å². The van der Waals surface area contributed by atoms with Crippen LogP contribution in [0.4, 0.5) is 0 Å². The van der Waals surface area contributed by atoms with Crippen LogP contribution < -0.4 is 0 Å². The molecule has 0 amide bonds. The number of aliphatic hydroxyl groups excluding tert-OH is 3. The van der Waals surface area contributed by atoms with Crippen molar-refractivity contribution in [2.75, 3.05) is 13.7 Å². The number of hydrogen-bond acceptors (Lipinski definition) is 6. The number of hydrogen-bond donors (Lipinski definition) is 4. The van der Waals surface area contributed by atoms with Crippen molar-refractivity contribution < 1.29 is 29.9 Å². The van der Waals surface area contributed by atoms with Crippen molar-refractivity contribution in [3.8, 4) is 0 Å². The van der Waals surface area contributed by atoms with Crippen molar-refractivity contribution >= 4 is 0 Å². The monoisotopic (exact) mass is 194 g/mol. The quantitative estimate of drug-likeness (QED) is 0.397. The minimum Gasteiger partial charge on any atom is -0.391 e. The number of aliphatic hydroxyl groups is 4. The lowest BCUT2D eigenvalue weighted by Crippen LogP contribution is -2.58. The number of rotatable bonds is 2. The molecule has 1 rings (SSSR count). The van der Waals surface area contributed by atoms with Gasteiger partial charge >= 0.3 is 0 Å². The molecule has 4 N–H and O–H groups in total. The molecule has 1 aliphatic rings. The Labute approximate surface area is 75.3 Å². The van der Waals surface area contributed by atoms with Gasteiger partial charge in [0.25, 0.3) is 0 Å². The van der Waals surface area contributed by atoms with Crippen LogP contribution >= 0.6 is 0 Å². The van der Waals surface area contributed by atoms with Crippen LogP contribution in [0.3, 0.4) is 0 Å². The third-order valence-electron chi connectivity index (χ3n) is 2.08. The average Bonchev–Trinajstić information content (AvgIpc) is 2.11. The molecule has 0 radical (unpaired) electrons. The van der Waals surface area contributed by atoms with E-state index in [0.717, 1.165) is 0 Å². The van der Waals surface area contributed by atoms with Crippen LogP contribution in [0.1, 0.15) is 6.42 Å². The Balaban J connectivity index is 2.69. The summed E-state index contributed by atoms with van der Waals surface area (Å²) in [5.74, 6) is -2.04. The summed E-state index contributed by atoms with van der Waals surface area (Å²) >= 11 is 0. The fourth-order valence-electron chi connectivity index (χ4n) is 1.23. The molecule has 1 saturated heterocycles. The topological polar surface area (TPSA) is 99.4 Å². The highest BCUT2D eigenvalue weighted by molar-refractivity contribution is 4.86. The summed E-state index contributed by atoms with van der Waals surface area (Å²) in [6.45, 7) is -0.749. The molecule has 0 aromatic heterocycles. The first kappa shape index (κ1) is 10.8. The van der Waals surface area contributed by atoms with E-state index < -0.39 is 30.9 Å². The van der Waals surface area contributed by atoms with Crippen molar-refractivity contribution in [1.82, 2.24) is 0 Å². The average molecular weight is 194 g/mol. The van der Waals surface area contributed by atoms with Gasteiger partial charge in [0.2, 0.25) is 5.79 Å². The number of methoxy groups -OCH3 is 1. The van der Waals surface area contributed by atoms with Crippen molar-refractivity contribution in [1.29, 1.82) is 0 Å². The Morgan fingerprint density at radius 2 is 2.15 bits per heavy atom. The maximum absolute atomic E-state index is 9.45. The van der Waals surface area contributed by atoms with Gasteiger partial charge in [-0.25, -0.2) is 0 Å². The second kappa shape index (κ2) is 3.87. The molecule has 6 nitrogen and oxygen atoms in total. The van der Waals surface area contributed by atoms with Gasteiger partial charge in [-0.3, -0.25) is 0 Å². The van der Waals surface area contributed by atoms with Gasteiger partial charge in [0.1, 0.15) is 12.2 Å². The molecule has 1 heterocycles. The van der Waals surface area contributed by atoms with E-state index in [1.807, 2.05) is 0 Å². The van der Waals surface area contributed by atoms with Crippen LogP contribution in [0.2, 0.25) is 0 Å². The second-order valence-electron chi connectivity index (χ2n) is 3.04. The van der Waals surface area contributed by atoms with E-state index >= 15 is 0 Å². The predicted molar refractivity (Wildman–Crippen MR) is 40.5 cm³/mol. The zero-order valence-corrected chi connectivity index (χ0v) is 7.25. The summed E-state index contributed by atoms with van der Waals surface area (Å²) in [6.07, 6.45) is -3.46. The molecule has 13 heavy (non-hydrogen) atoms. The SMILES string of the molecule is COC1OC(O)(CO)C(O)CC1O. The first-order valence-corrected chi connectivity index (χ1v) is 3.93. The van der Waals surface area contributed by atoms with Crippen LogP contribution in [0.5, 0.6) is 0 Å². The van der Waals surface area contributed by atoms with E-state index in [0.29, 0.717) is 0 Å². The lowest BCUT2D eigenvalue weighted by molar-refractivity contribution is -0.373. The molecule has 0 bridgehead atoms. The maximum Gasteiger partial charge on any atom is 0.218 e. The van der Waals surface area contributed by atoms with Gasteiger partial charge in [-0.2, -0.15) is 0 Å². The number of ether oxygens (including phenoxy) is 2. The first-order chi connectivity index (χ1) is 6.03. The molecule has 4 atom stereocenters. The zero-order valence-electron chi connectivity index (χ0n) is 7.25. The molecular weight excluding hydrogens is 180 g/mol. The van der Waals surface area contributed by atoms with Gasteiger partial charge in [0, 0.05) is 13.5 Å². The van der Waals surface area contributed by atoms with Gasteiger partial charge < -0.3 is 29.9 Å². The molecule has 1 fully saturated rings. The minimum absolute atomic E-state index is 0.102. The molecule has 0 aliphatic carbocycles. The lowest BCUT2D eigenvalue weighted by atomic mass is 10.00. The highest BCUT2D eigenvalue weighted by Crippen LogP contribution is 2.27. The van der Waals surface area contributed by atoms with Crippen LogP contribution in [0.15, 0.2) is 0 Å². The molecule has 0 spiro atoms. The van der Waals surface area contributed by atoms with Crippen LogP contribution in [-0.2, 0) is 9.47 Å². The Morgan fingerprint density at radius 3 is 2.62 bits per heavy atom. The zero-order chi connectivity index (χ0) is 10.1. The van der Waals surface area contributed by atoms with Crippen LogP contribution in [-0.4, -0.2) is 58.4 Å². The van der Waals surface area contributed by atoms with E-state index in [4.69, 9.17) is 14.6 Å². The molecule has 4 unspecified atom stereocenters. The fraction of sp³-hybridized carbons (Fsp3) is 1.00. The summed E-state index contributed by atoms with van der Waals surface area (Å²) in [5, 5.41) is 36.7. The summed E-state index contributed by atoms with van der Waals surface area (Å²) in [5.41, 5.74) is 0. The van der Waals surface area contributed by atoms with Crippen molar-refractivity contribution in [2.24, 2.45) is 0 Å². The highest BCUT2D eigenvalue weighted by atomic mass is 16.8. The van der Waals surface area contributed by atoms with Crippen LogP contribution in [0.25, 0.3) is 0 Å². The van der Waals surface area contributed by atoms with E-state index in [9.17, 15) is 15.3 Å². The van der Waals surface area contributed by atoms with Gasteiger partial charge in [-0.15, -0.1) is 0 Å². The standard InChI is InChI=1S/C7H14O6/c1-12-6-4(9)2-5(10)7(11,3-8)13-6/h4-6,8-11H,2-3H2,1H3. The first-order valence-electron chi connectivity index (χ1n) is 3.93. The molecule has 0 aromatic carbocycles. The molecule has 6 heteroatoms. The van der Waals surface area contributed by atoms with E-state index in [-0.39, 0.29) is 6.42 Å². The largest absolute Gasteiger partial charge is 0.391 e. The Bertz CT molecular complexity index is 174. The van der Waals surface area contributed by atoms with E-state index in [2.05, 4.69) is 0 Å². The van der Waals surface area contributed by atoms with Gasteiger partial charge in [0.05, 0.1) is 6.61 Å². The summed E-state index contributed by atoms with van der Waals surface area (Å²) < 4.78 is 9.47.